The number of ether oxygens (including phenoxy) is 1. The lowest BCUT2D eigenvalue weighted by molar-refractivity contribution is -0.142. The number of likely N-dealkylation sites (tertiary alicyclic amines) is 1. The number of amides is 1. The molecule has 1 amide bonds. The van der Waals surface area contributed by atoms with Crippen LogP contribution < -0.4 is 0 Å². The van der Waals surface area contributed by atoms with E-state index in [2.05, 4.69) is 0 Å². The average Bonchev–Trinajstić information content (AvgIpc) is 3.07. The Morgan fingerprint density at radius 2 is 1.67 bits per heavy atom. The van der Waals surface area contributed by atoms with Crippen molar-refractivity contribution < 1.29 is 19.4 Å². The van der Waals surface area contributed by atoms with Gasteiger partial charge in [-0.05, 0) is 17.5 Å². The summed E-state index contributed by atoms with van der Waals surface area (Å²) in [6.07, 6.45) is 0.0335. The minimum absolute atomic E-state index is 0.137. The fourth-order valence-corrected chi connectivity index (χ4v) is 3.15. The van der Waals surface area contributed by atoms with Gasteiger partial charge in [0, 0.05) is 12.5 Å². The molecule has 0 aromatic heterocycles. The van der Waals surface area contributed by atoms with Gasteiger partial charge in [0.25, 0.3) is 0 Å². The van der Waals surface area contributed by atoms with Gasteiger partial charge in [0.1, 0.15) is 12.6 Å². The summed E-state index contributed by atoms with van der Waals surface area (Å²) in [5.74, 6) is -1.22. The summed E-state index contributed by atoms with van der Waals surface area (Å²) >= 11 is 0. The SMILES string of the molecule is O=C(O)[C@@H]1[C@@H](c2ccccc2)CCN1C(=O)OCc1ccccc1. The van der Waals surface area contributed by atoms with E-state index in [-0.39, 0.29) is 12.5 Å². The zero-order valence-electron chi connectivity index (χ0n) is 13.2. The number of rotatable bonds is 4. The molecular weight excluding hydrogens is 306 g/mol. The van der Waals surface area contributed by atoms with Gasteiger partial charge < -0.3 is 9.84 Å². The molecule has 1 heterocycles. The molecule has 0 radical (unpaired) electrons. The topological polar surface area (TPSA) is 66.8 Å². The van der Waals surface area contributed by atoms with E-state index >= 15 is 0 Å². The van der Waals surface area contributed by atoms with Crippen LogP contribution in [-0.2, 0) is 16.1 Å². The first kappa shape index (κ1) is 16.1. The fourth-order valence-electron chi connectivity index (χ4n) is 3.15. The Morgan fingerprint density at radius 3 is 2.29 bits per heavy atom. The van der Waals surface area contributed by atoms with Crippen molar-refractivity contribution in [3.05, 3.63) is 71.8 Å². The summed E-state index contributed by atoms with van der Waals surface area (Å²) < 4.78 is 5.30. The molecule has 0 unspecified atom stereocenters. The van der Waals surface area contributed by atoms with Crippen molar-refractivity contribution in [3.8, 4) is 0 Å². The van der Waals surface area contributed by atoms with E-state index in [1.807, 2.05) is 60.7 Å². The second kappa shape index (κ2) is 7.17. The van der Waals surface area contributed by atoms with E-state index in [1.165, 1.54) is 4.90 Å². The number of hydrogen-bond acceptors (Lipinski definition) is 3. The normalized spacial score (nSPS) is 19.9. The molecule has 2 aromatic rings. The number of benzene rings is 2. The minimum Gasteiger partial charge on any atom is -0.480 e. The maximum Gasteiger partial charge on any atom is 0.410 e. The van der Waals surface area contributed by atoms with Gasteiger partial charge in [-0.1, -0.05) is 60.7 Å². The molecule has 0 spiro atoms. The Labute approximate surface area is 140 Å². The molecule has 24 heavy (non-hydrogen) atoms. The van der Waals surface area contributed by atoms with Gasteiger partial charge >= 0.3 is 12.1 Å². The van der Waals surface area contributed by atoms with Crippen LogP contribution in [0.15, 0.2) is 60.7 Å². The fraction of sp³-hybridized carbons (Fsp3) is 0.263. The van der Waals surface area contributed by atoms with Gasteiger partial charge in [-0.15, -0.1) is 0 Å². The van der Waals surface area contributed by atoms with Crippen molar-refractivity contribution in [3.63, 3.8) is 0 Å². The summed E-state index contributed by atoms with van der Waals surface area (Å²) in [7, 11) is 0. The Balaban J connectivity index is 1.70. The first-order valence-electron chi connectivity index (χ1n) is 7.92. The summed E-state index contributed by atoms with van der Waals surface area (Å²) in [4.78, 5) is 25.4. The summed E-state index contributed by atoms with van der Waals surface area (Å²) in [6.45, 7) is 0.517. The molecule has 2 aromatic carbocycles. The van der Waals surface area contributed by atoms with Crippen molar-refractivity contribution in [1.82, 2.24) is 4.90 Å². The second-order valence-electron chi connectivity index (χ2n) is 5.82. The quantitative estimate of drug-likeness (QED) is 0.937. The van der Waals surface area contributed by atoms with E-state index in [4.69, 9.17) is 4.74 Å². The lowest BCUT2D eigenvalue weighted by Crippen LogP contribution is -2.42. The highest BCUT2D eigenvalue weighted by molar-refractivity contribution is 5.82. The highest BCUT2D eigenvalue weighted by Crippen LogP contribution is 2.34. The van der Waals surface area contributed by atoms with Crippen LogP contribution in [0.1, 0.15) is 23.5 Å². The number of aliphatic carboxylic acids is 1. The highest BCUT2D eigenvalue weighted by Gasteiger charge is 2.43. The summed E-state index contributed by atoms with van der Waals surface area (Å²) in [5, 5.41) is 9.60. The molecule has 124 valence electrons. The van der Waals surface area contributed by atoms with E-state index < -0.39 is 18.1 Å². The third-order valence-electron chi connectivity index (χ3n) is 4.32. The van der Waals surface area contributed by atoms with Crippen LogP contribution in [-0.4, -0.2) is 34.7 Å². The van der Waals surface area contributed by atoms with Crippen LogP contribution in [0, 0.1) is 0 Å². The van der Waals surface area contributed by atoms with Crippen LogP contribution in [0.2, 0.25) is 0 Å². The Kier molecular flexibility index (Phi) is 4.79. The van der Waals surface area contributed by atoms with Crippen molar-refractivity contribution in [2.24, 2.45) is 0 Å². The third kappa shape index (κ3) is 3.40. The number of carbonyl (C=O) groups excluding carboxylic acids is 1. The number of hydrogen-bond donors (Lipinski definition) is 1. The van der Waals surface area contributed by atoms with Gasteiger partial charge in [-0.3, -0.25) is 4.90 Å². The van der Waals surface area contributed by atoms with Crippen molar-refractivity contribution >= 4 is 12.1 Å². The van der Waals surface area contributed by atoms with E-state index in [0.29, 0.717) is 13.0 Å². The lowest BCUT2D eigenvalue weighted by Gasteiger charge is -2.24. The molecule has 5 nitrogen and oxygen atoms in total. The number of carboxylic acid groups (broad SMARTS) is 1. The maximum absolute atomic E-state index is 12.4. The van der Waals surface area contributed by atoms with Crippen LogP contribution in [0.4, 0.5) is 4.79 Å². The zero-order valence-corrected chi connectivity index (χ0v) is 13.2. The molecule has 1 aliphatic rings. The van der Waals surface area contributed by atoms with Gasteiger partial charge in [-0.2, -0.15) is 0 Å². The molecule has 1 aliphatic heterocycles. The molecule has 0 aliphatic carbocycles. The van der Waals surface area contributed by atoms with Crippen LogP contribution in [0.25, 0.3) is 0 Å². The molecule has 5 heteroatoms. The smallest absolute Gasteiger partial charge is 0.410 e. The second-order valence-corrected chi connectivity index (χ2v) is 5.82. The van der Waals surface area contributed by atoms with Crippen LogP contribution in [0.5, 0.6) is 0 Å². The first-order chi connectivity index (χ1) is 11.7. The summed E-state index contributed by atoms with van der Waals surface area (Å²) in [5.41, 5.74) is 1.81. The van der Waals surface area contributed by atoms with E-state index in [9.17, 15) is 14.7 Å². The number of nitrogens with zero attached hydrogens (tertiary/aromatic N) is 1. The Morgan fingerprint density at radius 1 is 1.04 bits per heavy atom. The molecule has 3 rings (SSSR count). The lowest BCUT2D eigenvalue weighted by atomic mass is 9.92. The van der Waals surface area contributed by atoms with Gasteiger partial charge in [0.15, 0.2) is 0 Å². The standard InChI is InChI=1S/C19H19NO4/c21-18(22)17-16(15-9-5-2-6-10-15)11-12-20(17)19(23)24-13-14-7-3-1-4-8-14/h1-10,16-17H,11-13H2,(H,21,22)/t16-,17+/m1/s1. The Hall–Kier alpha value is -2.82. The van der Waals surface area contributed by atoms with Crippen LogP contribution in [0.3, 0.4) is 0 Å². The molecule has 1 N–H and O–H groups in total. The third-order valence-corrected chi connectivity index (χ3v) is 4.32. The average molecular weight is 325 g/mol. The predicted molar refractivity (Wildman–Crippen MR) is 88.6 cm³/mol. The molecule has 1 fully saturated rings. The van der Waals surface area contributed by atoms with E-state index in [1.54, 1.807) is 0 Å². The highest BCUT2D eigenvalue weighted by atomic mass is 16.6. The number of carbonyl (C=O) groups is 2. The van der Waals surface area contributed by atoms with Crippen molar-refractivity contribution in [2.75, 3.05) is 6.54 Å². The first-order valence-corrected chi connectivity index (χ1v) is 7.92. The summed E-state index contributed by atoms with van der Waals surface area (Å²) in [6, 6.07) is 17.9. The molecular formula is C19H19NO4. The maximum atomic E-state index is 12.4. The molecule has 0 saturated carbocycles. The van der Waals surface area contributed by atoms with Crippen molar-refractivity contribution in [1.29, 1.82) is 0 Å². The monoisotopic (exact) mass is 325 g/mol. The van der Waals surface area contributed by atoms with Crippen molar-refractivity contribution in [2.45, 2.75) is 25.0 Å². The minimum atomic E-state index is -1.00. The zero-order chi connectivity index (χ0) is 16.9. The molecule has 1 saturated heterocycles. The Bertz CT molecular complexity index is 702. The molecule has 2 atom stereocenters. The van der Waals surface area contributed by atoms with E-state index in [0.717, 1.165) is 11.1 Å². The predicted octanol–water partition coefficient (Wildman–Crippen LogP) is 3.27. The largest absolute Gasteiger partial charge is 0.480 e. The van der Waals surface area contributed by atoms with Gasteiger partial charge in [-0.25, -0.2) is 9.59 Å². The van der Waals surface area contributed by atoms with Gasteiger partial charge in [0.2, 0.25) is 0 Å². The number of carboxylic acids is 1. The van der Waals surface area contributed by atoms with Crippen LogP contribution >= 0.6 is 0 Å². The van der Waals surface area contributed by atoms with Gasteiger partial charge in [0.05, 0.1) is 0 Å². The molecule has 0 bridgehead atoms.